The Morgan fingerprint density at radius 2 is 1.76 bits per heavy atom. The van der Waals surface area contributed by atoms with Gasteiger partial charge in [-0.25, -0.2) is 8.99 Å². The fraction of sp³-hybridized carbons (Fsp3) is 0.190. The molecule has 0 saturated heterocycles. The molecule has 1 unspecified atom stereocenters. The number of amides is 1. The van der Waals surface area contributed by atoms with Gasteiger partial charge in [-0.3, -0.25) is 4.79 Å². The zero-order valence-electron chi connectivity index (χ0n) is 18.1. The van der Waals surface area contributed by atoms with Crippen LogP contribution in [-0.2, 0) is 15.9 Å². The van der Waals surface area contributed by atoms with Gasteiger partial charge in [0, 0.05) is 22.9 Å². The molecule has 2 aromatic carbocycles. The highest BCUT2D eigenvalue weighted by atomic mass is 32.2. The van der Waals surface area contributed by atoms with Crippen molar-refractivity contribution in [2.24, 2.45) is 0 Å². The Hall–Kier alpha value is -3.87. The normalized spacial score (nSPS) is 13.0. The van der Waals surface area contributed by atoms with Crippen molar-refractivity contribution in [1.82, 2.24) is 10.2 Å². The Labute approximate surface area is 192 Å². The van der Waals surface area contributed by atoms with Crippen molar-refractivity contribution in [2.45, 2.75) is 11.1 Å². The summed E-state index contributed by atoms with van der Waals surface area (Å²) in [5, 5.41) is 8.99. The van der Waals surface area contributed by atoms with Crippen LogP contribution in [0, 0.1) is 4.78 Å². The molecule has 3 rings (SSSR count). The summed E-state index contributed by atoms with van der Waals surface area (Å²) in [4.78, 5) is 13.1. The summed E-state index contributed by atoms with van der Waals surface area (Å²) in [5.74, 6) is -0.846. The van der Waals surface area contributed by atoms with Gasteiger partial charge in [0.15, 0.2) is 17.2 Å². The second kappa shape index (κ2) is 9.55. The molecule has 1 heterocycles. The lowest BCUT2D eigenvalue weighted by atomic mass is 10.2. The number of ether oxygens (including phenoxy) is 3. The molecule has 0 spiro atoms. The first-order valence-electron chi connectivity index (χ1n) is 9.42. The molecule has 1 aromatic heterocycles. The quantitative estimate of drug-likeness (QED) is 0.490. The van der Waals surface area contributed by atoms with Crippen LogP contribution in [0.5, 0.6) is 23.1 Å². The number of hydrogen-bond acceptors (Lipinski definition) is 8. The second-order valence-electron chi connectivity index (χ2n) is 6.89. The van der Waals surface area contributed by atoms with Crippen molar-refractivity contribution in [3.63, 3.8) is 0 Å². The number of aromatic nitrogens is 2. The Morgan fingerprint density at radius 3 is 2.38 bits per heavy atom. The predicted octanol–water partition coefficient (Wildman–Crippen LogP) is 4.59. The minimum atomic E-state index is -4.86. The van der Waals surface area contributed by atoms with Crippen LogP contribution < -0.4 is 19.5 Å². The van der Waals surface area contributed by atoms with Crippen molar-refractivity contribution >= 4 is 21.3 Å². The summed E-state index contributed by atoms with van der Waals surface area (Å²) in [5.41, 5.74) is -1.85. The molecule has 1 amide bonds. The van der Waals surface area contributed by atoms with Crippen LogP contribution in [-0.4, -0.2) is 40.8 Å². The second-order valence-corrected chi connectivity index (χ2v) is 9.05. The van der Waals surface area contributed by atoms with Gasteiger partial charge in [-0.1, -0.05) is 6.07 Å². The third kappa shape index (κ3) is 5.73. The summed E-state index contributed by atoms with van der Waals surface area (Å²) in [6.45, 7) is 0. The molecular weight excluding hydrogens is 477 g/mol. The maximum absolute atomic E-state index is 13.2. The lowest BCUT2D eigenvalue weighted by molar-refractivity contribution is -0.141. The largest absolute Gasteiger partial charge is 0.497 e. The Kier molecular flexibility index (Phi) is 6.96. The topological polar surface area (TPSA) is 123 Å². The summed E-state index contributed by atoms with van der Waals surface area (Å²) < 4.78 is 75.2. The van der Waals surface area contributed by atoms with Crippen LogP contribution in [0.4, 0.5) is 18.9 Å². The van der Waals surface area contributed by atoms with Crippen molar-refractivity contribution in [3.8, 4) is 23.1 Å². The molecule has 9 nitrogen and oxygen atoms in total. The van der Waals surface area contributed by atoms with Gasteiger partial charge in [0.1, 0.15) is 11.3 Å². The fourth-order valence-electron chi connectivity index (χ4n) is 2.73. The number of carbonyl (C=O) groups is 1. The number of anilines is 1. The summed E-state index contributed by atoms with van der Waals surface area (Å²) in [6.07, 6.45) is -3.66. The third-order valence-electron chi connectivity index (χ3n) is 4.41. The zero-order valence-corrected chi connectivity index (χ0v) is 18.9. The van der Waals surface area contributed by atoms with E-state index < -0.39 is 38.9 Å². The average Bonchev–Trinajstić information content (AvgIpc) is 2.78. The molecule has 0 fully saturated rings. The Balaban J connectivity index is 2.02. The number of nitrogens with one attached hydrogen (secondary N) is 2. The molecule has 34 heavy (non-hydrogen) atoms. The molecule has 1 atom stereocenters. The monoisotopic (exact) mass is 496 g/mol. The number of nitrogens with zero attached hydrogens (tertiary/aromatic N) is 2. The van der Waals surface area contributed by atoms with E-state index in [1.807, 2.05) is 0 Å². The molecular formula is C21H19F3N4O5S. The standard InChI is InChI=1S/C21H19F3N4O5S/c1-31-13-7-8-16(17(10-13)32-2)33-20-15(11-18(27-28-20)21(22,23)24)19(29)26-12-5-4-6-14(9-12)34(3,25)30/h4-11,25H,1-3H3,(H,26,29). The Bertz CT molecular complexity index is 1330. The highest BCUT2D eigenvalue weighted by Crippen LogP contribution is 2.36. The third-order valence-corrected chi connectivity index (χ3v) is 5.57. The molecule has 0 bridgehead atoms. The maximum Gasteiger partial charge on any atom is 0.435 e. The predicted molar refractivity (Wildman–Crippen MR) is 116 cm³/mol. The number of halogens is 3. The van der Waals surface area contributed by atoms with Gasteiger partial charge in [-0.2, -0.15) is 13.2 Å². The minimum Gasteiger partial charge on any atom is -0.497 e. The average molecular weight is 496 g/mol. The molecule has 3 aromatic rings. The first-order chi connectivity index (χ1) is 15.9. The van der Waals surface area contributed by atoms with Crippen LogP contribution in [0.2, 0.25) is 0 Å². The smallest absolute Gasteiger partial charge is 0.435 e. The fourth-order valence-corrected chi connectivity index (χ4v) is 3.43. The molecule has 0 aliphatic heterocycles. The van der Waals surface area contributed by atoms with Gasteiger partial charge in [-0.05, 0) is 36.4 Å². The maximum atomic E-state index is 13.2. The van der Waals surface area contributed by atoms with E-state index in [0.29, 0.717) is 11.8 Å². The summed E-state index contributed by atoms with van der Waals surface area (Å²) in [7, 11) is -0.303. The van der Waals surface area contributed by atoms with E-state index >= 15 is 0 Å². The number of benzene rings is 2. The van der Waals surface area contributed by atoms with Crippen LogP contribution >= 0.6 is 0 Å². The SMILES string of the molecule is COc1ccc(Oc2nnc(C(F)(F)F)cc2C(=O)Nc2cccc(S(C)(=N)=O)c2)c(OC)c1. The van der Waals surface area contributed by atoms with E-state index in [0.717, 1.165) is 0 Å². The van der Waals surface area contributed by atoms with Crippen molar-refractivity contribution < 1.29 is 36.4 Å². The van der Waals surface area contributed by atoms with E-state index in [9.17, 15) is 22.2 Å². The van der Waals surface area contributed by atoms with Gasteiger partial charge >= 0.3 is 6.18 Å². The van der Waals surface area contributed by atoms with Crippen molar-refractivity contribution in [1.29, 1.82) is 4.78 Å². The van der Waals surface area contributed by atoms with Crippen molar-refractivity contribution in [3.05, 3.63) is 59.8 Å². The van der Waals surface area contributed by atoms with Gasteiger partial charge < -0.3 is 19.5 Å². The van der Waals surface area contributed by atoms with Gasteiger partial charge in [0.25, 0.3) is 11.8 Å². The highest BCUT2D eigenvalue weighted by molar-refractivity contribution is 7.91. The number of carbonyl (C=O) groups excluding carboxylic acids is 1. The van der Waals surface area contributed by atoms with Crippen molar-refractivity contribution in [2.75, 3.05) is 25.8 Å². The van der Waals surface area contributed by atoms with E-state index in [1.54, 1.807) is 0 Å². The highest BCUT2D eigenvalue weighted by Gasteiger charge is 2.35. The van der Waals surface area contributed by atoms with E-state index in [4.69, 9.17) is 19.0 Å². The van der Waals surface area contributed by atoms with Gasteiger partial charge in [0.2, 0.25) is 0 Å². The molecule has 13 heteroatoms. The van der Waals surface area contributed by atoms with E-state index in [-0.39, 0.29) is 22.1 Å². The lowest BCUT2D eigenvalue weighted by Gasteiger charge is -2.15. The summed E-state index contributed by atoms with van der Waals surface area (Å²) in [6, 6.07) is 10.5. The molecule has 0 radical (unpaired) electrons. The number of methoxy groups -OCH3 is 2. The number of alkyl halides is 3. The molecule has 0 aliphatic carbocycles. The minimum absolute atomic E-state index is 0.0494. The summed E-state index contributed by atoms with van der Waals surface area (Å²) >= 11 is 0. The van der Waals surface area contributed by atoms with E-state index in [2.05, 4.69) is 15.5 Å². The molecule has 2 N–H and O–H groups in total. The Morgan fingerprint density at radius 1 is 1.03 bits per heavy atom. The molecule has 0 saturated carbocycles. The zero-order chi connectivity index (χ0) is 25.1. The first kappa shape index (κ1) is 24.8. The lowest BCUT2D eigenvalue weighted by Crippen LogP contribution is -2.18. The molecule has 180 valence electrons. The van der Waals surface area contributed by atoms with Crippen LogP contribution in [0.3, 0.4) is 0 Å². The number of rotatable bonds is 7. The van der Waals surface area contributed by atoms with Crippen LogP contribution in [0.1, 0.15) is 16.1 Å². The molecule has 0 aliphatic rings. The first-order valence-corrected chi connectivity index (χ1v) is 11.4. The van der Waals surface area contributed by atoms with E-state index in [1.165, 1.54) is 62.9 Å². The van der Waals surface area contributed by atoms with Crippen LogP contribution in [0.15, 0.2) is 53.4 Å². The number of hydrogen-bond donors (Lipinski definition) is 2. The van der Waals surface area contributed by atoms with Gasteiger partial charge in [-0.15, -0.1) is 10.2 Å². The van der Waals surface area contributed by atoms with Gasteiger partial charge in [0.05, 0.1) is 23.9 Å². The van der Waals surface area contributed by atoms with Crippen LogP contribution in [0.25, 0.3) is 0 Å².